The van der Waals surface area contributed by atoms with Crippen molar-refractivity contribution in [3.05, 3.63) is 59.9 Å². The number of hydrogen-bond donors (Lipinski definition) is 0. The van der Waals surface area contributed by atoms with Gasteiger partial charge in [0.15, 0.2) is 12.0 Å². The summed E-state index contributed by atoms with van der Waals surface area (Å²) in [5.41, 5.74) is 2.24. The zero-order valence-corrected chi connectivity index (χ0v) is 16.1. The molecule has 0 saturated carbocycles. The van der Waals surface area contributed by atoms with Crippen molar-refractivity contribution in [1.82, 2.24) is 9.78 Å². The Morgan fingerprint density at radius 1 is 0.929 bits per heavy atom. The van der Waals surface area contributed by atoms with Crippen LogP contribution in [0.3, 0.4) is 0 Å². The largest absolute Gasteiger partial charge is 0.356 e. The van der Waals surface area contributed by atoms with Gasteiger partial charge < -0.3 is 9.64 Å². The summed E-state index contributed by atoms with van der Waals surface area (Å²) in [6, 6.07) is 16.0. The van der Waals surface area contributed by atoms with Crippen molar-refractivity contribution in [2.45, 2.75) is 44.2 Å². The highest BCUT2D eigenvalue weighted by molar-refractivity contribution is 5.91. The second-order valence-corrected chi connectivity index (χ2v) is 7.90. The number of aromatic nitrogens is 2. The molecule has 1 aromatic heterocycles. The Morgan fingerprint density at radius 3 is 2.50 bits per heavy atom. The standard InChI is InChI=1S/C23H26FN3O/c24-19-9-6-10-20-22(19)23(25-27(20)21-11-4-5-16-28-21)26-14-12-18(13-15-26)17-7-2-1-3-8-17/h1-3,6-10,18,21H,4-5,11-16H2. The summed E-state index contributed by atoms with van der Waals surface area (Å²) in [5, 5.41) is 5.51. The molecule has 4 nitrogen and oxygen atoms in total. The minimum atomic E-state index is -0.195. The van der Waals surface area contributed by atoms with Gasteiger partial charge in [-0.3, -0.25) is 0 Å². The van der Waals surface area contributed by atoms with E-state index < -0.39 is 0 Å². The van der Waals surface area contributed by atoms with Crippen molar-refractivity contribution < 1.29 is 9.13 Å². The molecule has 1 atom stereocenters. The Kier molecular flexibility index (Phi) is 4.77. The van der Waals surface area contributed by atoms with Crippen LogP contribution in [0.15, 0.2) is 48.5 Å². The Morgan fingerprint density at radius 2 is 1.75 bits per heavy atom. The van der Waals surface area contributed by atoms with Gasteiger partial charge in [0.2, 0.25) is 0 Å². The third-order valence-electron chi connectivity index (χ3n) is 6.16. The van der Waals surface area contributed by atoms with E-state index in [4.69, 9.17) is 9.84 Å². The van der Waals surface area contributed by atoms with Gasteiger partial charge in [-0.1, -0.05) is 36.4 Å². The molecule has 3 aromatic rings. The van der Waals surface area contributed by atoms with Gasteiger partial charge in [-0.15, -0.1) is 0 Å². The number of hydrogen-bond acceptors (Lipinski definition) is 3. The van der Waals surface area contributed by atoms with Gasteiger partial charge in [0.1, 0.15) is 5.82 Å². The van der Waals surface area contributed by atoms with Gasteiger partial charge >= 0.3 is 0 Å². The fourth-order valence-corrected chi connectivity index (χ4v) is 4.64. The van der Waals surface area contributed by atoms with Gasteiger partial charge in [0.05, 0.1) is 10.9 Å². The monoisotopic (exact) mass is 379 g/mol. The minimum absolute atomic E-state index is 0.0892. The number of fused-ring (bicyclic) bond motifs is 1. The molecule has 146 valence electrons. The second kappa shape index (κ2) is 7.55. The molecule has 3 heterocycles. The highest BCUT2D eigenvalue weighted by Gasteiger charge is 2.28. The van der Waals surface area contributed by atoms with Crippen LogP contribution in [0.1, 0.15) is 49.8 Å². The third-order valence-corrected chi connectivity index (χ3v) is 6.16. The van der Waals surface area contributed by atoms with E-state index in [1.807, 2.05) is 10.7 Å². The first-order chi connectivity index (χ1) is 13.8. The predicted octanol–water partition coefficient (Wildman–Crippen LogP) is 5.26. The van der Waals surface area contributed by atoms with E-state index in [1.165, 1.54) is 11.6 Å². The van der Waals surface area contributed by atoms with Crippen LogP contribution in [0.5, 0.6) is 0 Å². The Hall–Kier alpha value is -2.40. The average Bonchev–Trinajstić information content (AvgIpc) is 3.16. The van der Waals surface area contributed by atoms with Gasteiger partial charge in [0.25, 0.3) is 0 Å². The van der Waals surface area contributed by atoms with Crippen LogP contribution in [-0.2, 0) is 4.74 Å². The van der Waals surface area contributed by atoms with Crippen LogP contribution in [0.2, 0.25) is 0 Å². The lowest BCUT2D eigenvalue weighted by Gasteiger charge is -2.32. The molecular formula is C23H26FN3O. The van der Waals surface area contributed by atoms with Gasteiger partial charge in [-0.25, -0.2) is 9.07 Å². The number of nitrogens with zero attached hydrogens (tertiary/aromatic N) is 3. The van der Waals surface area contributed by atoms with Gasteiger partial charge in [0, 0.05) is 19.7 Å². The van der Waals surface area contributed by atoms with Gasteiger partial charge in [-0.05, 0) is 55.7 Å². The molecule has 2 saturated heterocycles. The summed E-state index contributed by atoms with van der Waals surface area (Å²) in [6.45, 7) is 2.54. The molecule has 5 heteroatoms. The Labute approximate surface area is 164 Å². The number of ether oxygens (including phenoxy) is 1. The lowest BCUT2D eigenvalue weighted by atomic mass is 9.89. The number of piperidine rings is 1. The predicted molar refractivity (Wildman–Crippen MR) is 109 cm³/mol. The molecule has 0 radical (unpaired) electrons. The molecule has 0 N–H and O–H groups in total. The maximum atomic E-state index is 14.8. The van der Waals surface area contributed by atoms with Crippen LogP contribution < -0.4 is 4.90 Å². The normalized spacial score (nSPS) is 21.3. The second-order valence-electron chi connectivity index (χ2n) is 7.90. The van der Waals surface area contributed by atoms with E-state index in [-0.39, 0.29) is 12.0 Å². The van der Waals surface area contributed by atoms with E-state index in [0.717, 1.165) is 63.1 Å². The van der Waals surface area contributed by atoms with Crippen molar-refractivity contribution in [1.29, 1.82) is 0 Å². The maximum absolute atomic E-state index is 14.8. The highest BCUT2D eigenvalue weighted by atomic mass is 19.1. The van der Waals surface area contributed by atoms with E-state index in [1.54, 1.807) is 6.07 Å². The molecular weight excluding hydrogens is 353 g/mol. The van der Waals surface area contributed by atoms with E-state index in [9.17, 15) is 4.39 Å². The van der Waals surface area contributed by atoms with Crippen LogP contribution >= 0.6 is 0 Å². The molecule has 2 aliphatic heterocycles. The maximum Gasteiger partial charge on any atom is 0.161 e. The summed E-state index contributed by atoms with van der Waals surface area (Å²) >= 11 is 0. The van der Waals surface area contributed by atoms with E-state index in [2.05, 4.69) is 35.2 Å². The summed E-state index contributed by atoms with van der Waals surface area (Å²) in [4.78, 5) is 2.25. The summed E-state index contributed by atoms with van der Waals surface area (Å²) in [6.07, 6.45) is 5.18. The van der Waals surface area contributed by atoms with Crippen LogP contribution in [0.4, 0.5) is 10.2 Å². The third kappa shape index (κ3) is 3.18. The van der Waals surface area contributed by atoms with Crippen LogP contribution in [0.25, 0.3) is 10.9 Å². The molecule has 0 amide bonds. The van der Waals surface area contributed by atoms with Crippen LogP contribution in [0, 0.1) is 5.82 Å². The lowest BCUT2D eigenvalue weighted by Crippen LogP contribution is -2.33. The molecule has 0 aliphatic carbocycles. The molecule has 2 fully saturated rings. The number of rotatable bonds is 3. The van der Waals surface area contributed by atoms with Crippen molar-refractivity contribution in [3.63, 3.8) is 0 Å². The number of halogens is 1. The van der Waals surface area contributed by atoms with E-state index in [0.29, 0.717) is 11.3 Å². The summed E-state index contributed by atoms with van der Waals surface area (Å²) in [7, 11) is 0. The molecule has 28 heavy (non-hydrogen) atoms. The fourth-order valence-electron chi connectivity index (χ4n) is 4.64. The van der Waals surface area contributed by atoms with Crippen molar-refractivity contribution in [2.75, 3.05) is 24.6 Å². The lowest BCUT2D eigenvalue weighted by molar-refractivity contribution is -0.0365. The average molecular weight is 379 g/mol. The van der Waals surface area contributed by atoms with Crippen molar-refractivity contribution in [2.24, 2.45) is 0 Å². The molecule has 5 rings (SSSR count). The minimum Gasteiger partial charge on any atom is -0.356 e. The highest BCUT2D eigenvalue weighted by Crippen LogP contribution is 2.36. The topological polar surface area (TPSA) is 30.3 Å². The summed E-state index contributed by atoms with van der Waals surface area (Å²) in [5.74, 6) is 1.14. The number of benzene rings is 2. The fraction of sp³-hybridized carbons (Fsp3) is 0.435. The molecule has 1 unspecified atom stereocenters. The Balaban J connectivity index is 1.44. The molecule has 0 spiro atoms. The van der Waals surface area contributed by atoms with Crippen molar-refractivity contribution in [3.8, 4) is 0 Å². The van der Waals surface area contributed by atoms with E-state index >= 15 is 0 Å². The zero-order chi connectivity index (χ0) is 18.9. The first kappa shape index (κ1) is 17.7. The quantitative estimate of drug-likeness (QED) is 0.622. The molecule has 2 aromatic carbocycles. The smallest absolute Gasteiger partial charge is 0.161 e. The molecule has 2 aliphatic rings. The number of anilines is 1. The first-order valence-corrected chi connectivity index (χ1v) is 10.4. The Bertz CT molecular complexity index is 941. The zero-order valence-electron chi connectivity index (χ0n) is 16.1. The van der Waals surface area contributed by atoms with Gasteiger partial charge in [-0.2, -0.15) is 5.10 Å². The first-order valence-electron chi connectivity index (χ1n) is 10.4. The molecule has 0 bridgehead atoms. The summed E-state index contributed by atoms with van der Waals surface area (Å²) < 4.78 is 22.7. The SMILES string of the molecule is Fc1cccc2c1c(N1CCC(c3ccccc3)CC1)nn2C1CCCCO1. The van der Waals surface area contributed by atoms with Crippen molar-refractivity contribution >= 4 is 16.7 Å². The van der Waals surface area contributed by atoms with Crippen LogP contribution in [-0.4, -0.2) is 29.5 Å².